The molecule has 0 saturated heterocycles. The smallest absolute Gasteiger partial charge is 0.191 e. The molecule has 31 heavy (non-hydrogen) atoms. The molecule has 1 heterocycles. The standard InChI is InChI=1S/C24H33N5O.HI/c1-4-25-24(26-13-12-20-18-27-23-11-6-5-10-22(20)23)28-17-19-8-7-9-21(16-19)30-15-14-29(2)3;/h5-11,16,18,27H,4,12-15,17H2,1-3H3,(H2,25,26,28);1H. The van der Waals surface area contributed by atoms with Crippen LogP contribution in [-0.2, 0) is 13.0 Å². The van der Waals surface area contributed by atoms with Crippen molar-refractivity contribution in [2.45, 2.75) is 19.9 Å². The lowest BCUT2D eigenvalue weighted by Gasteiger charge is -2.12. The number of ether oxygens (including phenoxy) is 1. The van der Waals surface area contributed by atoms with Crippen molar-refractivity contribution in [3.63, 3.8) is 0 Å². The van der Waals surface area contributed by atoms with Crippen LogP contribution in [0.25, 0.3) is 10.9 Å². The van der Waals surface area contributed by atoms with Gasteiger partial charge in [0.1, 0.15) is 12.4 Å². The largest absolute Gasteiger partial charge is 0.492 e. The number of rotatable bonds is 10. The molecule has 0 atom stereocenters. The molecule has 0 amide bonds. The number of likely N-dealkylation sites (N-methyl/N-ethyl adjacent to an activating group) is 1. The quantitative estimate of drug-likeness (QED) is 0.209. The van der Waals surface area contributed by atoms with Crippen molar-refractivity contribution in [1.82, 2.24) is 20.5 Å². The maximum absolute atomic E-state index is 5.83. The molecule has 0 unspecified atom stereocenters. The molecule has 168 valence electrons. The van der Waals surface area contributed by atoms with E-state index in [0.29, 0.717) is 13.2 Å². The van der Waals surface area contributed by atoms with Gasteiger partial charge < -0.3 is 25.3 Å². The van der Waals surface area contributed by atoms with Crippen molar-refractivity contribution < 1.29 is 4.74 Å². The molecular weight excluding hydrogens is 501 g/mol. The van der Waals surface area contributed by atoms with Crippen LogP contribution in [0.5, 0.6) is 5.75 Å². The number of fused-ring (bicyclic) bond motifs is 1. The van der Waals surface area contributed by atoms with Crippen molar-refractivity contribution in [1.29, 1.82) is 0 Å². The molecule has 0 fully saturated rings. The third-order valence-corrected chi connectivity index (χ3v) is 4.83. The highest BCUT2D eigenvalue weighted by atomic mass is 127. The number of guanidine groups is 1. The molecule has 0 aliphatic rings. The van der Waals surface area contributed by atoms with E-state index < -0.39 is 0 Å². The molecule has 0 aliphatic heterocycles. The van der Waals surface area contributed by atoms with Gasteiger partial charge in [0.05, 0.1) is 6.54 Å². The Balaban J connectivity index is 0.00000341. The van der Waals surface area contributed by atoms with E-state index in [2.05, 4.69) is 70.0 Å². The number of nitrogens with one attached hydrogen (secondary N) is 3. The van der Waals surface area contributed by atoms with Gasteiger partial charge in [-0.3, -0.25) is 0 Å². The zero-order valence-corrected chi connectivity index (χ0v) is 21.0. The minimum Gasteiger partial charge on any atom is -0.492 e. The molecule has 0 radical (unpaired) electrons. The van der Waals surface area contributed by atoms with Crippen LogP contribution in [-0.4, -0.2) is 56.2 Å². The summed E-state index contributed by atoms with van der Waals surface area (Å²) < 4.78 is 5.83. The van der Waals surface area contributed by atoms with Gasteiger partial charge in [-0.2, -0.15) is 0 Å². The third-order valence-electron chi connectivity index (χ3n) is 4.83. The zero-order valence-electron chi connectivity index (χ0n) is 18.6. The van der Waals surface area contributed by atoms with Crippen LogP contribution in [0.1, 0.15) is 18.1 Å². The van der Waals surface area contributed by atoms with Crippen LogP contribution in [0.15, 0.2) is 59.7 Å². The fraction of sp³-hybridized carbons (Fsp3) is 0.375. The van der Waals surface area contributed by atoms with Gasteiger partial charge >= 0.3 is 0 Å². The fourth-order valence-corrected chi connectivity index (χ4v) is 3.25. The number of benzene rings is 2. The van der Waals surface area contributed by atoms with Gasteiger partial charge in [0, 0.05) is 36.7 Å². The Morgan fingerprint density at radius 3 is 2.74 bits per heavy atom. The lowest BCUT2D eigenvalue weighted by molar-refractivity contribution is 0.261. The second-order valence-electron chi connectivity index (χ2n) is 7.53. The van der Waals surface area contributed by atoms with Gasteiger partial charge in [0.15, 0.2) is 5.96 Å². The minimum absolute atomic E-state index is 0. The van der Waals surface area contributed by atoms with Gasteiger partial charge in [0.2, 0.25) is 0 Å². The summed E-state index contributed by atoms with van der Waals surface area (Å²) in [6.45, 7) is 5.91. The van der Waals surface area contributed by atoms with Crippen LogP contribution < -0.4 is 15.4 Å². The first-order valence-electron chi connectivity index (χ1n) is 10.6. The summed E-state index contributed by atoms with van der Waals surface area (Å²) in [5, 5.41) is 8.05. The number of hydrogen-bond acceptors (Lipinski definition) is 3. The Morgan fingerprint density at radius 2 is 1.94 bits per heavy atom. The fourth-order valence-electron chi connectivity index (χ4n) is 3.25. The number of H-pyrrole nitrogens is 1. The van der Waals surface area contributed by atoms with Crippen molar-refractivity contribution >= 4 is 40.8 Å². The monoisotopic (exact) mass is 535 g/mol. The maximum Gasteiger partial charge on any atom is 0.191 e. The second kappa shape index (κ2) is 13.2. The molecule has 0 saturated carbocycles. The molecule has 7 heteroatoms. The van der Waals surface area contributed by atoms with Crippen molar-refractivity contribution in [2.75, 3.05) is 40.3 Å². The first kappa shape index (κ1) is 25.0. The van der Waals surface area contributed by atoms with Crippen LogP contribution in [0, 0.1) is 0 Å². The minimum atomic E-state index is 0. The van der Waals surface area contributed by atoms with Gasteiger partial charge in [-0.25, -0.2) is 4.99 Å². The highest BCUT2D eigenvalue weighted by molar-refractivity contribution is 14.0. The summed E-state index contributed by atoms with van der Waals surface area (Å²) in [6, 6.07) is 16.6. The Bertz CT molecular complexity index is 954. The Labute approximate surface area is 202 Å². The van der Waals surface area contributed by atoms with Crippen LogP contribution >= 0.6 is 24.0 Å². The normalized spacial score (nSPS) is 11.4. The number of para-hydroxylation sites is 1. The van der Waals surface area contributed by atoms with Gasteiger partial charge in [-0.15, -0.1) is 24.0 Å². The first-order chi connectivity index (χ1) is 14.7. The second-order valence-corrected chi connectivity index (χ2v) is 7.53. The Kier molecular flexibility index (Phi) is 10.7. The van der Waals surface area contributed by atoms with E-state index in [-0.39, 0.29) is 24.0 Å². The number of nitrogens with zero attached hydrogens (tertiary/aromatic N) is 2. The molecule has 3 rings (SSSR count). The molecule has 6 nitrogen and oxygen atoms in total. The molecule has 0 spiro atoms. The van der Waals surface area contributed by atoms with Gasteiger partial charge in [-0.1, -0.05) is 30.3 Å². The summed E-state index contributed by atoms with van der Waals surface area (Å²) in [5.41, 5.74) is 3.63. The van der Waals surface area contributed by atoms with E-state index in [0.717, 1.165) is 43.3 Å². The number of aromatic nitrogens is 1. The topological polar surface area (TPSA) is 64.7 Å². The van der Waals surface area contributed by atoms with E-state index >= 15 is 0 Å². The SMILES string of the molecule is CCNC(=NCc1cccc(OCCN(C)C)c1)NCCc1c[nH]c2ccccc12.I. The van der Waals surface area contributed by atoms with Gasteiger partial charge in [-0.05, 0) is 56.8 Å². The lowest BCUT2D eigenvalue weighted by Crippen LogP contribution is -2.38. The Hall–Kier alpha value is -2.26. The summed E-state index contributed by atoms with van der Waals surface area (Å²) >= 11 is 0. The van der Waals surface area contributed by atoms with Crippen LogP contribution in [0.3, 0.4) is 0 Å². The number of aromatic amines is 1. The predicted octanol–water partition coefficient (Wildman–Crippen LogP) is 4.02. The lowest BCUT2D eigenvalue weighted by atomic mass is 10.1. The molecular formula is C24H34IN5O. The average molecular weight is 535 g/mol. The number of halogens is 1. The van der Waals surface area contributed by atoms with Crippen molar-refractivity contribution in [3.05, 3.63) is 65.9 Å². The van der Waals surface area contributed by atoms with E-state index in [1.165, 1.54) is 16.5 Å². The third kappa shape index (κ3) is 8.06. The molecule has 3 N–H and O–H groups in total. The van der Waals surface area contributed by atoms with Crippen molar-refractivity contribution in [3.8, 4) is 5.75 Å². The van der Waals surface area contributed by atoms with Crippen LogP contribution in [0.4, 0.5) is 0 Å². The van der Waals surface area contributed by atoms with E-state index in [9.17, 15) is 0 Å². The summed E-state index contributed by atoms with van der Waals surface area (Å²) in [5.74, 6) is 1.72. The van der Waals surface area contributed by atoms with Crippen LogP contribution in [0.2, 0.25) is 0 Å². The van der Waals surface area contributed by atoms with E-state index in [1.807, 2.05) is 26.2 Å². The van der Waals surface area contributed by atoms with Crippen molar-refractivity contribution in [2.24, 2.45) is 4.99 Å². The maximum atomic E-state index is 5.83. The van der Waals surface area contributed by atoms with E-state index in [1.54, 1.807) is 0 Å². The average Bonchev–Trinajstić information content (AvgIpc) is 3.15. The highest BCUT2D eigenvalue weighted by Gasteiger charge is 2.04. The highest BCUT2D eigenvalue weighted by Crippen LogP contribution is 2.17. The summed E-state index contributed by atoms with van der Waals surface area (Å²) in [7, 11) is 4.09. The molecule has 1 aromatic heterocycles. The predicted molar refractivity (Wildman–Crippen MR) is 141 cm³/mol. The first-order valence-corrected chi connectivity index (χ1v) is 10.6. The summed E-state index contributed by atoms with van der Waals surface area (Å²) in [4.78, 5) is 10.2. The zero-order chi connectivity index (χ0) is 21.2. The molecule has 0 aliphatic carbocycles. The Morgan fingerprint density at radius 1 is 1.10 bits per heavy atom. The number of aliphatic imine (C=N–C) groups is 1. The molecule has 0 bridgehead atoms. The molecule has 3 aromatic rings. The van der Waals surface area contributed by atoms with E-state index in [4.69, 9.17) is 9.73 Å². The number of hydrogen-bond donors (Lipinski definition) is 3. The summed E-state index contributed by atoms with van der Waals surface area (Å²) in [6.07, 6.45) is 3.03. The molecule has 2 aromatic carbocycles. The van der Waals surface area contributed by atoms with Gasteiger partial charge in [0.25, 0.3) is 0 Å².